The number of hydrogen-bond donors (Lipinski definition) is 0. The van der Waals surface area contributed by atoms with E-state index in [-0.39, 0.29) is 31.1 Å². The molecule has 1 unspecified atom stereocenters. The first-order valence-electron chi connectivity index (χ1n) is 32.0. The third-order valence-electron chi connectivity index (χ3n) is 13.5. The molecule has 0 saturated carbocycles. The van der Waals surface area contributed by atoms with Crippen LogP contribution in [0.3, 0.4) is 0 Å². The van der Waals surface area contributed by atoms with Crippen LogP contribution in [-0.2, 0) is 28.6 Å². The van der Waals surface area contributed by atoms with Gasteiger partial charge in [-0.3, -0.25) is 14.4 Å². The molecule has 0 aliphatic rings. The van der Waals surface area contributed by atoms with Crippen LogP contribution in [0.25, 0.3) is 0 Å². The molecule has 0 spiro atoms. The molecule has 0 rings (SSSR count). The van der Waals surface area contributed by atoms with E-state index in [4.69, 9.17) is 14.2 Å². The Labute approximate surface area is 475 Å². The van der Waals surface area contributed by atoms with E-state index in [0.29, 0.717) is 19.3 Å². The van der Waals surface area contributed by atoms with Crippen molar-refractivity contribution in [2.24, 2.45) is 0 Å². The summed E-state index contributed by atoms with van der Waals surface area (Å²) in [6.07, 6.45) is 89.1. The Kier molecular flexibility index (Phi) is 60.8. The fourth-order valence-corrected chi connectivity index (χ4v) is 8.73. The lowest BCUT2D eigenvalue weighted by molar-refractivity contribution is -0.167. The third-order valence-corrected chi connectivity index (χ3v) is 13.5. The van der Waals surface area contributed by atoms with Crippen LogP contribution in [0.4, 0.5) is 0 Å². The minimum atomic E-state index is -0.794. The highest BCUT2D eigenvalue weighted by Crippen LogP contribution is 2.16. The number of esters is 3. The van der Waals surface area contributed by atoms with Crippen LogP contribution >= 0.6 is 0 Å². The largest absolute Gasteiger partial charge is 0.462 e. The van der Waals surface area contributed by atoms with Crippen LogP contribution in [0.15, 0.2) is 122 Å². The van der Waals surface area contributed by atoms with Crippen LogP contribution < -0.4 is 0 Å². The van der Waals surface area contributed by atoms with Crippen molar-refractivity contribution in [1.29, 1.82) is 0 Å². The lowest BCUT2D eigenvalue weighted by Gasteiger charge is -2.18. The normalized spacial score (nSPS) is 12.9. The number of unbranched alkanes of at least 4 members (excludes halogenated alkanes) is 26. The summed E-state index contributed by atoms with van der Waals surface area (Å²) < 4.78 is 16.9. The molecule has 0 heterocycles. The van der Waals surface area contributed by atoms with Gasteiger partial charge >= 0.3 is 17.9 Å². The molecule has 0 aliphatic carbocycles. The molecule has 6 heteroatoms. The number of ether oxygens (including phenoxy) is 3. The lowest BCUT2D eigenvalue weighted by Crippen LogP contribution is -2.30. The standard InChI is InChI=1S/C71H118O6/c1-4-7-10-13-16-19-22-25-27-29-31-33-35-37-39-41-43-46-49-52-55-58-61-64-70(73)76-67-68(66-75-69(72)63-60-57-54-51-48-45-24-21-18-15-12-9-6-3)77-71(74)65-62-59-56-53-50-47-44-42-40-38-36-34-32-30-28-26-23-20-17-14-11-8-5-2/h7-8,10-11,16-17,19-20,25-28,31-34,37,39,43,46,68H,4-6,9,12-15,18,21-24,29-30,35-36,38,40-42,44-45,47-67H2,1-3H3/b10-7-,11-8-,19-16-,20-17-,27-25-,28-26-,33-31-,34-32-,39-37-,46-43-. The molecular weight excluding hydrogens is 949 g/mol. The topological polar surface area (TPSA) is 78.9 Å². The van der Waals surface area contributed by atoms with E-state index in [0.717, 1.165) is 135 Å². The molecule has 0 aromatic heterocycles. The van der Waals surface area contributed by atoms with Crippen molar-refractivity contribution >= 4 is 17.9 Å². The number of carbonyl (C=O) groups excluding carboxylic acids is 3. The fourth-order valence-electron chi connectivity index (χ4n) is 8.73. The first-order valence-corrected chi connectivity index (χ1v) is 32.0. The molecule has 0 radical (unpaired) electrons. The summed E-state index contributed by atoms with van der Waals surface area (Å²) in [7, 11) is 0. The van der Waals surface area contributed by atoms with Gasteiger partial charge < -0.3 is 14.2 Å². The Morgan fingerprint density at radius 2 is 0.506 bits per heavy atom. The highest BCUT2D eigenvalue weighted by molar-refractivity contribution is 5.71. The van der Waals surface area contributed by atoms with E-state index in [1.165, 1.54) is 116 Å². The Hall–Kier alpha value is -4.19. The molecule has 77 heavy (non-hydrogen) atoms. The Morgan fingerprint density at radius 3 is 0.792 bits per heavy atom. The van der Waals surface area contributed by atoms with Crippen LogP contribution in [0.1, 0.15) is 290 Å². The molecule has 0 amide bonds. The zero-order valence-corrected chi connectivity index (χ0v) is 50.2. The molecule has 0 fully saturated rings. The summed E-state index contributed by atoms with van der Waals surface area (Å²) in [6, 6.07) is 0. The summed E-state index contributed by atoms with van der Waals surface area (Å²) in [6.45, 7) is 6.41. The van der Waals surface area contributed by atoms with Gasteiger partial charge in [0.15, 0.2) is 6.10 Å². The van der Waals surface area contributed by atoms with Gasteiger partial charge in [-0.05, 0) is 109 Å². The Morgan fingerprint density at radius 1 is 0.273 bits per heavy atom. The minimum Gasteiger partial charge on any atom is -0.462 e. The Balaban J connectivity index is 4.41. The number of hydrogen-bond acceptors (Lipinski definition) is 6. The quantitative estimate of drug-likeness (QED) is 0.0261. The van der Waals surface area contributed by atoms with Gasteiger partial charge in [-0.15, -0.1) is 0 Å². The predicted octanol–water partition coefficient (Wildman–Crippen LogP) is 22.0. The number of rotatable bonds is 57. The van der Waals surface area contributed by atoms with Crippen molar-refractivity contribution in [3.8, 4) is 0 Å². The van der Waals surface area contributed by atoms with E-state index in [2.05, 4.69) is 142 Å². The fraction of sp³-hybridized carbons (Fsp3) is 0.676. The van der Waals surface area contributed by atoms with Gasteiger partial charge in [-0.1, -0.05) is 284 Å². The van der Waals surface area contributed by atoms with Crippen molar-refractivity contribution in [3.63, 3.8) is 0 Å². The lowest BCUT2D eigenvalue weighted by atomic mass is 10.0. The van der Waals surface area contributed by atoms with Crippen LogP contribution in [0.2, 0.25) is 0 Å². The van der Waals surface area contributed by atoms with Crippen LogP contribution in [-0.4, -0.2) is 37.2 Å². The molecular formula is C71H118O6. The molecule has 0 aromatic carbocycles. The van der Waals surface area contributed by atoms with Crippen LogP contribution in [0.5, 0.6) is 0 Å². The van der Waals surface area contributed by atoms with E-state index < -0.39 is 6.10 Å². The first kappa shape index (κ1) is 72.8. The minimum absolute atomic E-state index is 0.0880. The average Bonchev–Trinajstić information content (AvgIpc) is 3.43. The number of carbonyl (C=O) groups is 3. The second-order valence-corrected chi connectivity index (χ2v) is 20.9. The summed E-state index contributed by atoms with van der Waals surface area (Å²) >= 11 is 0. The van der Waals surface area contributed by atoms with Gasteiger partial charge in [-0.2, -0.15) is 0 Å². The van der Waals surface area contributed by atoms with E-state index in [1.807, 2.05) is 0 Å². The summed E-state index contributed by atoms with van der Waals surface area (Å²) in [5.41, 5.74) is 0. The Bertz CT molecular complexity index is 1600. The maximum absolute atomic E-state index is 12.9. The van der Waals surface area contributed by atoms with Crippen molar-refractivity contribution in [3.05, 3.63) is 122 Å². The maximum Gasteiger partial charge on any atom is 0.306 e. The van der Waals surface area contributed by atoms with Gasteiger partial charge in [0.25, 0.3) is 0 Å². The molecule has 0 N–H and O–H groups in total. The van der Waals surface area contributed by atoms with Gasteiger partial charge in [0.05, 0.1) is 0 Å². The summed E-state index contributed by atoms with van der Waals surface area (Å²) in [5, 5.41) is 0. The molecule has 0 saturated heterocycles. The van der Waals surface area contributed by atoms with Crippen LogP contribution in [0, 0.1) is 0 Å². The average molecular weight is 1070 g/mol. The molecule has 0 aliphatic heterocycles. The highest BCUT2D eigenvalue weighted by atomic mass is 16.6. The van der Waals surface area contributed by atoms with E-state index >= 15 is 0 Å². The molecule has 6 nitrogen and oxygen atoms in total. The predicted molar refractivity (Wildman–Crippen MR) is 334 cm³/mol. The van der Waals surface area contributed by atoms with Crippen molar-refractivity contribution in [2.75, 3.05) is 13.2 Å². The molecule has 0 bridgehead atoms. The molecule has 0 aromatic rings. The zero-order valence-electron chi connectivity index (χ0n) is 50.2. The zero-order chi connectivity index (χ0) is 55.7. The maximum atomic E-state index is 12.9. The van der Waals surface area contributed by atoms with Gasteiger partial charge in [0.2, 0.25) is 0 Å². The molecule has 438 valence electrons. The van der Waals surface area contributed by atoms with Gasteiger partial charge in [0, 0.05) is 19.3 Å². The second-order valence-electron chi connectivity index (χ2n) is 20.9. The van der Waals surface area contributed by atoms with E-state index in [9.17, 15) is 14.4 Å². The van der Waals surface area contributed by atoms with Crippen molar-refractivity contribution < 1.29 is 28.6 Å². The molecule has 1 atom stereocenters. The van der Waals surface area contributed by atoms with Crippen molar-refractivity contribution in [1.82, 2.24) is 0 Å². The highest BCUT2D eigenvalue weighted by Gasteiger charge is 2.19. The third kappa shape index (κ3) is 62.5. The monoisotopic (exact) mass is 1070 g/mol. The SMILES string of the molecule is CC/C=C\C/C=C\C/C=C\C/C=C\C/C=C\C/C=C\CCCCCCC(=O)OCC(COC(=O)CCCCCCCCCCCCCCC)OC(=O)CCCCCCCCCCCC/C=C\C/C=C\C/C=C\C/C=C\CC. The second kappa shape index (κ2) is 64.3. The summed E-state index contributed by atoms with van der Waals surface area (Å²) in [4.78, 5) is 38.3. The number of allylic oxidation sites excluding steroid dienone is 20. The smallest absolute Gasteiger partial charge is 0.306 e. The van der Waals surface area contributed by atoms with Gasteiger partial charge in [-0.25, -0.2) is 0 Å². The van der Waals surface area contributed by atoms with Gasteiger partial charge in [0.1, 0.15) is 13.2 Å². The van der Waals surface area contributed by atoms with E-state index in [1.54, 1.807) is 0 Å². The summed E-state index contributed by atoms with van der Waals surface area (Å²) in [5.74, 6) is -0.912. The first-order chi connectivity index (χ1) is 38.0. The van der Waals surface area contributed by atoms with Crippen molar-refractivity contribution in [2.45, 2.75) is 297 Å².